The number of nitro groups is 1. The Bertz CT molecular complexity index is 988. The summed E-state index contributed by atoms with van der Waals surface area (Å²) in [5.41, 5.74) is 1.86. The number of amides is 2. The maximum atomic E-state index is 12.2. The Morgan fingerprint density at radius 3 is 2.56 bits per heavy atom. The first-order valence-corrected chi connectivity index (χ1v) is 8.67. The number of carbonyl (C=O) groups is 2. The Labute approximate surface area is 158 Å². The number of hydrogen-bond donors (Lipinski definition) is 2. The van der Waals surface area contributed by atoms with Gasteiger partial charge in [-0.2, -0.15) is 0 Å². The van der Waals surface area contributed by atoms with Crippen molar-refractivity contribution in [3.05, 3.63) is 87.0 Å². The first kappa shape index (κ1) is 18.2. The highest BCUT2D eigenvalue weighted by molar-refractivity contribution is 7.17. The smallest absolute Gasteiger partial charge is 0.324 e. The number of carbonyl (C=O) groups excluding carboxylic acids is 2. The van der Waals surface area contributed by atoms with Crippen LogP contribution in [0, 0.1) is 10.1 Å². The summed E-state index contributed by atoms with van der Waals surface area (Å²) in [7, 11) is 0. The fraction of sp³-hybridized carbons (Fsp3) is 0.0556. The predicted octanol–water partition coefficient (Wildman–Crippen LogP) is 3.23. The maximum absolute atomic E-state index is 12.2. The van der Waals surface area contributed by atoms with Crippen LogP contribution >= 0.6 is 11.3 Å². The summed E-state index contributed by atoms with van der Waals surface area (Å²) in [6.45, 7) is 0.226. The molecule has 2 aromatic heterocycles. The molecule has 9 heteroatoms. The summed E-state index contributed by atoms with van der Waals surface area (Å²) in [5, 5.41) is 16.1. The molecule has 0 radical (unpaired) electrons. The van der Waals surface area contributed by atoms with E-state index in [9.17, 15) is 19.7 Å². The van der Waals surface area contributed by atoms with Crippen LogP contribution in [-0.2, 0) is 6.54 Å². The minimum Gasteiger partial charge on any atom is -0.347 e. The fourth-order valence-corrected chi connectivity index (χ4v) is 3.02. The Balaban J connectivity index is 1.61. The Kier molecular flexibility index (Phi) is 5.53. The van der Waals surface area contributed by atoms with Crippen molar-refractivity contribution in [3.63, 3.8) is 0 Å². The van der Waals surface area contributed by atoms with Crippen LogP contribution in [0.1, 0.15) is 25.6 Å². The van der Waals surface area contributed by atoms with Gasteiger partial charge in [-0.1, -0.05) is 23.5 Å². The van der Waals surface area contributed by atoms with Crippen LogP contribution in [0.2, 0.25) is 0 Å². The van der Waals surface area contributed by atoms with Crippen LogP contribution in [0.25, 0.3) is 0 Å². The van der Waals surface area contributed by atoms with Crippen LogP contribution in [0.15, 0.2) is 60.9 Å². The molecule has 0 atom stereocenters. The van der Waals surface area contributed by atoms with Gasteiger partial charge in [0.2, 0.25) is 0 Å². The van der Waals surface area contributed by atoms with E-state index in [4.69, 9.17) is 0 Å². The van der Waals surface area contributed by atoms with E-state index in [0.717, 1.165) is 16.9 Å². The summed E-state index contributed by atoms with van der Waals surface area (Å²) in [5.74, 6) is -0.649. The molecule has 3 aromatic rings. The molecule has 0 aliphatic carbocycles. The minimum atomic E-state index is -0.531. The van der Waals surface area contributed by atoms with Crippen molar-refractivity contribution >= 4 is 33.8 Å². The Morgan fingerprint density at radius 2 is 1.85 bits per heavy atom. The molecule has 3 rings (SSSR count). The molecule has 27 heavy (non-hydrogen) atoms. The van der Waals surface area contributed by atoms with Gasteiger partial charge in [0, 0.05) is 36.3 Å². The Hall–Kier alpha value is -3.59. The lowest BCUT2D eigenvalue weighted by atomic mass is 10.2. The molecule has 0 fully saturated rings. The van der Waals surface area contributed by atoms with E-state index in [1.807, 2.05) is 0 Å². The van der Waals surface area contributed by atoms with Gasteiger partial charge in [0.1, 0.15) is 0 Å². The number of nitrogens with zero attached hydrogens (tertiary/aromatic N) is 2. The van der Waals surface area contributed by atoms with Gasteiger partial charge >= 0.3 is 5.00 Å². The molecule has 0 unspecified atom stereocenters. The van der Waals surface area contributed by atoms with E-state index in [1.54, 1.807) is 36.4 Å². The summed E-state index contributed by atoms with van der Waals surface area (Å²) in [6, 6.07) is 13.0. The Morgan fingerprint density at radius 1 is 1.07 bits per heavy atom. The van der Waals surface area contributed by atoms with E-state index in [-0.39, 0.29) is 28.2 Å². The zero-order valence-corrected chi connectivity index (χ0v) is 14.7. The lowest BCUT2D eigenvalue weighted by Crippen LogP contribution is -2.21. The van der Waals surface area contributed by atoms with Crippen molar-refractivity contribution in [2.24, 2.45) is 0 Å². The number of aromatic nitrogens is 1. The van der Waals surface area contributed by atoms with Crippen molar-refractivity contribution in [2.75, 3.05) is 5.32 Å². The summed E-state index contributed by atoms with van der Waals surface area (Å²) >= 11 is 0.820. The highest BCUT2D eigenvalue weighted by Gasteiger charge is 2.15. The van der Waals surface area contributed by atoms with Crippen molar-refractivity contribution in [3.8, 4) is 0 Å². The lowest BCUT2D eigenvalue weighted by molar-refractivity contribution is -0.380. The average molecular weight is 382 g/mol. The molecule has 136 valence electrons. The van der Waals surface area contributed by atoms with Gasteiger partial charge < -0.3 is 10.6 Å². The molecule has 8 nitrogen and oxygen atoms in total. The van der Waals surface area contributed by atoms with Gasteiger partial charge in [0.05, 0.1) is 9.80 Å². The SMILES string of the molecule is O=C(Nc1cccc(CNC(=O)c2ccc([N+](=O)[O-])s2)c1)c1ccncc1. The molecular weight excluding hydrogens is 368 g/mol. The summed E-state index contributed by atoms with van der Waals surface area (Å²) in [4.78, 5) is 38.6. The van der Waals surface area contributed by atoms with Crippen molar-refractivity contribution in [1.29, 1.82) is 0 Å². The summed E-state index contributed by atoms with van der Waals surface area (Å²) in [6.07, 6.45) is 3.07. The molecule has 2 N–H and O–H groups in total. The van der Waals surface area contributed by atoms with E-state index >= 15 is 0 Å². The third-order valence-electron chi connectivity index (χ3n) is 3.58. The maximum Gasteiger partial charge on any atom is 0.324 e. The largest absolute Gasteiger partial charge is 0.347 e. The fourth-order valence-electron chi connectivity index (χ4n) is 2.28. The van der Waals surface area contributed by atoms with Crippen LogP contribution in [0.4, 0.5) is 10.7 Å². The van der Waals surface area contributed by atoms with Crippen LogP contribution < -0.4 is 10.6 Å². The quantitative estimate of drug-likeness (QED) is 0.502. The number of benzene rings is 1. The van der Waals surface area contributed by atoms with Gasteiger partial charge in [-0.25, -0.2) is 0 Å². The van der Waals surface area contributed by atoms with E-state index in [0.29, 0.717) is 11.3 Å². The van der Waals surface area contributed by atoms with Gasteiger partial charge in [-0.15, -0.1) is 0 Å². The van der Waals surface area contributed by atoms with E-state index in [2.05, 4.69) is 15.6 Å². The number of hydrogen-bond acceptors (Lipinski definition) is 6. The van der Waals surface area contributed by atoms with Gasteiger partial charge in [-0.3, -0.25) is 24.7 Å². The molecule has 0 spiro atoms. The zero-order chi connectivity index (χ0) is 19.2. The minimum absolute atomic E-state index is 0.0824. The topological polar surface area (TPSA) is 114 Å². The molecule has 2 heterocycles. The standard InChI is InChI=1S/C18H14N4O4S/c23-17(13-6-8-19-9-7-13)21-14-3-1-2-12(10-14)11-20-18(24)15-4-5-16(27-15)22(25)26/h1-10H,11H2,(H,20,24)(H,21,23). The highest BCUT2D eigenvalue weighted by atomic mass is 32.1. The number of thiophene rings is 1. The number of nitrogens with one attached hydrogen (secondary N) is 2. The van der Waals surface area contributed by atoms with E-state index in [1.165, 1.54) is 24.5 Å². The van der Waals surface area contributed by atoms with Crippen LogP contribution in [0.3, 0.4) is 0 Å². The first-order chi connectivity index (χ1) is 13.0. The van der Waals surface area contributed by atoms with Gasteiger partial charge in [0.15, 0.2) is 0 Å². The number of anilines is 1. The predicted molar refractivity (Wildman–Crippen MR) is 101 cm³/mol. The van der Waals surface area contributed by atoms with Crippen molar-refractivity contribution < 1.29 is 14.5 Å². The number of rotatable bonds is 6. The second-order valence-corrected chi connectivity index (χ2v) is 6.53. The third kappa shape index (κ3) is 4.73. The normalized spacial score (nSPS) is 10.2. The third-order valence-corrected chi connectivity index (χ3v) is 4.61. The lowest BCUT2D eigenvalue weighted by Gasteiger charge is -2.08. The van der Waals surface area contributed by atoms with Crippen molar-refractivity contribution in [1.82, 2.24) is 10.3 Å². The molecule has 0 aliphatic rings. The second-order valence-electron chi connectivity index (χ2n) is 5.47. The first-order valence-electron chi connectivity index (χ1n) is 7.85. The molecule has 1 aromatic carbocycles. The molecule has 0 bridgehead atoms. The summed E-state index contributed by atoms with van der Waals surface area (Å²) < 4.78 is 0. The van der Waals surface area contributed by atoms with Crippen LogP contribution in [0.5, 0.6) is 0 Å². The van der Waals surface area contributed by atoms with Crippen LogP contribution in [-0.4, -0.2) is 21.7 Å². The van der Waals surface area contributed by atoms with Crippen molar-refractivity contribution in [2.45, 2.75) is 6.54 Å². The molecule has 0 aliphatic heterocycles. The van der Waals surface area contributed by atoms with E-state index < -0.39 is 4.92 Å². The van der Waals surface area contributed by atoms with Gasteiger partial charge in [0.25, 0.3) is 11.8 Å². The molecule has 0 saturated carbocycles. The second kappa shape index (κ2) is 8.19. The van der Waals surface area contributed by atoms with Gasteiger partial charge in [-0.05, 0) is 35.9 Å². The molecule has 0 saturated heterocycles. The molecule has 2 amide bonds. The monoisotopic (exact) mass is 382 g/mol. The number of pyridine rings is 1. The highest BCUT2D eigenvalue weighted by Crippen LogP contribution is 2.23. The zero-order valence-electron chi connectivity index (χ0n) is 13.9. The average Bonchev–Trinajstić information content (AvgIpc) is 3.18. The molecular formula is C18H14N4O4S.